The molecule has 2 aromatic carbocycles. The molecule has 4 aromatic rings. The molecule has 0 atom stereocenters. The monoisotopic (exact) mass is 436 g/mol. The second kappa shape index (κ2) is 8.26. The van der Waals surface area contributed by atoms with Gasteiger partial charge in [0, 0.05) is 16.0 Å². The number of thiophene rings is 1. The Morgan fingerprint density at radius 2 is 1.87 bits per heavy atom. The van der Waals surface area contributed by atoms with Crippen LogP contribution in [0, 0.1) is 6.92 Å². The summed E-state index contributed by atoms with van der Waals surface area (Å²) in [6.07, 6.45) is 0. The molecule has 0 bridgehead atoms. The summed E-state index contributed by atoms with van der Waals surface area (Å²) in [5, 5.41) is 5.94. The fraction of sp³-hybridized carbons (Fsp3) is 0.0870. The van der Waals surface area contributed by atoms with Gasteiger partial charge < -0.3 is 10.1 Å². The van der Waals surface area contributed by atoms with Gasteiger partial charge in [-0.05, 0) is 42.1 Å². The Hall–Kier alpha value is -3.22. The van der Waals surface area contributed by atoms with Crippen molar-refractivity contribution in [2.24, 2.45) is 0 Å². The number of hydrogen-bond donors (Lipinski definition) is 1. The van der Waals surface area contributed by atoms with E-state index in [1.54, 1.807) is 29.6 Å². The molecule has 0 radical (unpaired) electrons. The van der Waals surface area contributed by atoms with Crippen LogP contribution in [0.25, 0.3) is 22.2 Å². The first kappa shape index (κ1) is 20.1. The van der Waals surface area contributed by atoms with E-state index < -0.39 is 5.97 Å². The van der Waals surface area contributed by atoms with Crippen LogP contribution in [0.15, 0.2) is 60.0 Å². The van der Waals surface area contributed by atoms with Crippen LogP contribution in [0.1, 0.15) is 25.6 Å². The van der Waals surface area contributed by atoms with Gasteiger partial charge >= 0.3 is 5.97 Å². The lowest BCUT2D eigenvalue weighted by molar-refractivity contribution is 0.0607. The molecular weight excluding hydrogens is 420 g/mol. The summed E-state index contributed by atoms with van der Waals surface area (Å²) < 4.78 is 4.79. The molecule has 0 aliphatic heterocycles. The highest BCUT2D eigenvalue weighted by atomic mass is 35.5. The molecule has 30 heavy (non-hydrogen) atoms. The number of benzene rings is 2. The van der Waals surface area contributed by atoms with E-state index in [2.05, 4.69) is 5.32 Å². The average Bonchev–Trinajstić information content (AvgIpc) is 3.21. The molecule has 0 aliphatic rings. The molecule has 0 saturated carbocycles. The molecule has 1 amide bonds. The molecule has 2 heterocycles. The minimum absolute atomic E-state index is 0.327. The highest BCUT2D eigenvalue weighted by Crippen LogP contribution is 2.29. The van der Waals surface area contributed by atoms with Gasteiger partial charge in [-0.2, -0.15) is 0 Å². The maximum absolute atomic E-state index is 13.2. The van der Waals surface area contributed by atoms with Crippen molar-refractivity contribution < 1.29 is 14.3 Å². The van der Waals surface area contributed by atoms with Crippen LogP contribution in [-0.4, -0.2) is 24.0 Å². The Morgan fingerprint density at radius 3 is 2.60 bits per heavy atom. The van der Waals surface area contributed by atoms with Gasteiger partial charge in [-0.25, -0.2) is 9.78 Å². The van der Waals surface area contributed by atoms with E-state index in [1.165, 1.54) is 18.4 Å². The van der Waals surface area contributed by atoms with Crippen LogP contribution in [0.5, 0.6) is 0 Å². The van der Waals surface area contributed by atoms with Crippen LogP contribution in [0.4, 0.5) is 5.69 Å². The lowest BCUT2D eigenvalue weighted by Crippen LogP contribution is -2.15. The Bertz CT molecular complexity index is 1270. The van der Waals surface area contributed by atoms with Crippen molar-refractivity contribution in [1.82, 2.24) is 4.98 Å². The molecule has 4 rings (SSSR count). The molecule has 0 unspecified atom stereocenters. The number of nitrogens with one attached hydrogen (secondary N) is 1. The van der Waals surface area contributed by atoms with Crippen molar-refractivity contribution in [3.8, 4) is 11.3 Å². The predicted octanol–water partition coefficient (Wildman–Crippen LogP) is 5.96. The maximum Gasteiger partial charge on any atom is 0.350 e. The van der Waals surface area contributed by atoms with Crippen LogP contribution in [0.2, 0.25) is 5.02 Å². The number of ether oxygens (including phenoxy) is 1. The Balaban J connectivity index is 1.82. The summed E-state index contributed by atoms with van der Waals surface area (Å²) in [5.74, 6) is -0.815. The first-order valence-corrected chi connectivity index (χ1v) is 10.4. The van der Waals surface area contributed by atoms with Crippen molar-refractivity contribution in [2.75, 3.05) is 12.4 Å². The zero-order valence-corrected chi connectivity index (χ0v) is 17.8. The number of fused-ring (bicyclic) bond motifs is 1. The van der Waals surface area contributed by atoms with E-state index in [-0.39, 0.29) is 5.91 Å². The number of aryl methyl sites for hydroxylation is 1. The zero-order chi connectivity index (χ0) is 21.3. The van der Waals surface area contributed by atoms with Gasteiger partial charge in [-0.3, -0.25) is 4.79 Å². The van der Waals surface area contributed by atoms with Crippen molar-refractivity contribution in [1.29, 1.82) is 0 Å². The number of para-hydroxylation sites is 1. The van der Waals surface area contributed by atoms with Gasteiger partial charge in [0.2, 0.25) is 0 Å². The molecular formula is C23H17ClN2O3S. The smallest absolute Gasteiger partial charge is 0.350 e. The van der Waals surface area contributed by atoms with Gasteiger partial charge in [0.15, 0.2) is 0 Å². The van der Waals surface area contributed by atoms with Gasteiger partial charge in [-0.15, -0.1) is 11.3 Å². The minimum atomic E-state index is -0.488. The quantitative estimate of drug-likeness (QED) is 0.400. The topological polar surface area (TPSA) is 68.3 Å². The highest BCUT2D eigenvalue weighted by Gasteiger charge is 2.19. The first-order valence-electron chi connectivity index (χ1n) is 9.11. The number of carbonyl (C=O) groups excluding carboxylic acids is 2. The molecule has 150 valence electrons. The second-order valence-electron chi connectivity index (χ2n) is 6.64. The second-order valence-corrected chi connectivity index (χ2v) is 7.99. The van der Waals surface area contributed by atoms with E-state index in [9.17, 15) is 9.59 Å². The van der Waals surface area contributed by atoms with Gasteiger partial charge in [0.25, 0.3) is 5.91 Å². The molecule has 0 fully saturated rings. The highest BCUT2D eigenvalue weighted by molar-refractivity contribution is 7.12. The average molecular weight is 437 g/mol. The lowest BCUT2D eigenvalue weighted by Gasteiger charge is -2.12. The van der Waals surface area contributed by atoms with Gasteiger partial charge in [0.05, 0.1) is 29.6 Å². The van der Waals surface area contributed by atoms with E-state index in [0.717, 1.165) is 22.0 Å². The number of methoxy groups -OCH3 is 1. The number of aromatic nitrogens is 1. The zero-order valence-electron chi connectivity index (χ0n) is 16.2. The SMILES string of the molecule is COC(=O)c1sccc1NC(=O)c1cc(-c2ccc(Cl)cc2)nc2c(C)cccc12. The third-order valence-electron chi connectivity index (χ3n) is 4.71. The number of rotatable bonds is 4. The third kappa shape index (κ3) is 3.79. The van der Waals surface area contributed by atoms with E-state index in [0.29, 0.717) is 26.8 Å². The molecule has 1 N–H and O–H groups in total. The largest absolute Gasteiger partial charge is 0.465 e. The van der Waals surface area contributed by atoms with Crippen LogP contribution >= 0.6 is 22.9 Å². The summed E-state index contributed by atoms with van der Waals surface area (Å²) in [7, 11) is 1.31. The number of pyridine rings is 1. The van der Waals surface area contributed by atoms with Crippen LogP contribution in [-0.2, 0) is 4.74 Å². The maximum atomic E-state index is 13.2. The summed E-state index contributed by atoms with van der Waals surface area (Å²) in [5.41, 5.74) is 4.11. The standard InChI is InChI=1S/C23H17ClN2O3S/c1-13-4-3-5-16-17(22(27)26-18-10-11-30-21(18)23(28)29-2)12-19(25-20(13)16)14-6-8-15(24)9-7-14/h3-12H,1-2H3,(H,26,27). The summed E-state index contributed by atoms with van der Waals surface area (Å²) in [6.45, 7) is 1.96. The van der Waals surface area contributed by atoms with Crippen LogP contribution in [0.3, 0.4) is 0 Å². The first-order chi connectivity index (χ1) is 14.5. The number of esters is 1. The Kier molecular flexibility index (Phi) is 5.53. The molecule has 0 aliphatic carbocycles. The third-order valence-corrected chi connectivity index (χ3v) is 5.86. The minimum Gasteiger partial charge on any atom is -0.465 e. The molecule has 0 saturated heterocycles. The Labute approximate surface area is 182 Å². The van der Waals surface area contributed by atoms with Crippen LogP contribution < -0.4 is 5.32 Å². The number of carbonyl (C=O) groups is 2. The number of amides is 1. The summed E-state index contributed by atoms with van der Waals surface area (Å²) >= 11 is 7.22. The van der Waals surface area contributed by atoms with E-state index in [1.807, 2.05) is 37.3 Å². The number of halogens is 1. The van der Waals surface area contributed by atoms with Crippen molar-refractivity contribution in [3.05, 3.63) is 81.0 Å². The van der Waals surface area contributed by atoms with E-state index >= 15 is 0 Å². The normalized spacial score (nSPS) is 10.8. The summed E-state index contributed by atoms with van der Waals surface area (Å²) in [6, 6.07) is 16.5. The molecule has 7 heteroatoms. The number of hydrogen-bond acceptors (Lipinski definition) is 5. The van der Waals surface area contributed by atoms with Crippen molar-refractivity contribution in [2.45, 2.75) is 6.92 Å². The molecule has 2 aromatic heterocycles. The van der Waals surface area contributed by atoms with Crippen molar-refractivity contribution >= 4 is 51.4 Å². The fourth-order valence-corrected chi connectivity index (χ4v) is 4.09. The van der Waals surface area contributed by atoms with Crippen molar-refractivity contribution in [3.63, 3.8) is 0 Å². The van der Waals surface area contributed by atoms with E-state index in [4.69, 9.17) is 21.3 Å². The number of anilines is 1. The fourth-order valence-electron chi connectivity index (χ4n) is 3.20. The molecule has 5 nitrogen and oxygen atoms in total. The Morgan fingerprint density at radius 1 is 1.10 bits per heavy atom. The summed E-state index contributed by atoms with van der Waals surface area (Å²) in [4.78, 5) is 30.3. The lowest BCUT2D eigenvalue weighted by atomic mass is 10.0. The predicted molar refractivity (Wildman–Crippen MR) is 121 cm³/mol. The number of nitrogens with zero attached hydrogens (tertiary/aromatic N) is 1. The van der Waals surface area contributed by atoms with Gasteiger partial charge in [-0.1, -0.05) is 41.9 Å². The van der Waals surface area contributed by atoms with Gasteiger partial charge in [0.1, 0.15) is 4.88 Å². The molecule has 0 spiro atoms.